The Kier molecular flexibility index (Phi) is 4.25. The average Bonchev–Trinajstić information content (AvgIpc) is 2.27. The standard InChI is InChI=1S/C11H13ClN4.ClH/c1-7-11(12,8(2)16-10(13)15-7)9-3-5-14-6-4-9;/h3-6,10H,13H2,1-2H3;1H. The average molecular weight is 273 g/mol. The van der Waals surface area contributed by atoms with Gasteiger partial charge in [-0.3, -0.25) is 20.7 Å². The summed E-state index contributed by atoms with van der Waals surface area (Å²) in [5.41, 5.74) is 8.11. The van der Waals surface area contributed by atoms with E-state index in [0.717, 1.165) is 17.0 Å². The van der Waals surface area contributed by atoms with Crippen molar-refractivity contribution in [2.24, 2.45) is 15.7 Å². The summed E-state index contributed by atoms with van der Waals surface area (Å²) in [4.78, 5) is 11.6. The third-order valence-electron chi connectivity index (χ3n) is 2.73. The molecule has 0 spiro atoms. The highest BCUT2D eigenvalue weighted by Gasteiger charge is 2.39. The lowest BCUT2D eigenvalue weighted by molar-refractivity contribution is 0.721. The summed E-state index contributed by atoms with van der Waals surface area (Å²) in [6.45, 7) is 3.73. The molecule has 1 aromatic rings. The van der Waals surface area contributed by atoms with E-state index in [1.807, 2.05) is 26.0 Å². The Morgan fingerprint density at radius 3 is 2.12 bits per heavy atom. The number of hydrogen-bond donors (Lipinski definition) is 1. The Balaban J connectivity index is 0.00000144. The summed E-state index contributed by atoms with van der Waals surface area (Å²) in [7, 11) is 0. The second-order valence-corrected chi connectivity index (χ2v) is 4.30. The third kappa shape index (κ3) is 2.34. The van der Waals surface area contributed by atoms with Gasteiger partial charge in [0.2, 0.25) is 0 Å². The predicted octanol–water partition coefficient (Wildman–Crippen LogP) is 2.12. The predicted molar refractivity (Wildman–Crippen MR) is 73.2 cm³/mol. The van der Waals surface area contributed by atoms with Crippen molar-refractivity contribution in [1.82, 2.24) is 4.98 Å². The zero-order valence-corrected chi connectivity index (χ0v) is 11.2. The SMILES string of the molecule is CC1=NC(N)N=C(C)C1(Cl)c1ccncc1.Cl. The molecule has 0 bridgehead atoms. The first-order valence-corrected chi connectivity index (χ1v) is 5.37. The van der Waals surface area contributed by atoms with Crippen molar-refractivity contribution in [3.05, 3.63) is 30.1 Å². The fourth-order valence-corrected chi connectivity index (χ4v) is 2.09. The molecule has 17 heavy (non-hydrogen) atoms. The van der Waals surface area contributed by atoms with E-state index >= 15 is 0 Å². The molecule has 1 aliphatic heterocycles. The molecule has 0 radical (unpaired) electrons. The van der Waals surface area contributed by atoms with Gasteiger partial charge in [0.15, 0.2) is 6.29 Å². The van der Waals surface area contributed by atoms with Crippen molar-refractivity contribution in [1.29, 1.82) is 0 Å². The molecule has 2 heterocycles. The number of aromatic nitrogens is 1. The molecule has 2 rings (SSSR count). The van der Waals surface area contributed by atoms with Gasteiger partial charge in [-0.05, 0) is 31.5 Å². The molecule has 0 saturated heterocycles. The number of aliphatic imine (C=N–C) groups is 2. The van der Waals surface area contributed by atoms with Gasteiger partial charge in [-0.15, -0.1) is 24.0 Å². The van der Waals surface area contributed by atoms with E-state index in [9.17, 15) is 0 Å². The molecule has 1 aliphatic rings. The van der Waals surface area contributed by atoms with Crippen molar-refractivity contribution in [3.8, 4) is 0 Å². The summed E-state index contributed by atoms with van der Waals surface area (Å²) in [5, 5.41) is 0. The molecule has 0 aliphatic carbocycles. The van der Waals surface area contributed by atoms with Crippen LogP contribution in [0.3, 0.4) is 0 Å². The lowest BCUT2D eigenvalue weighted by atomic mass is 9.89. The number of pyridine rings is 1. The second kappa shape index (κ2) is 5.12. The molecular formula is C11H14Cl2N4. The van der Waals surface area contributed by atoms with Gasteiger partial charge in [-0.1, -0.05) is 0 Å². The van der Waals surface area contributed by atoms with Crippen LogP contribution in [0.25, 0.3) is 0 Å². The first-order valence-electron chi connectivity index (χ1n) is 5.00. The number of hydrogen-bond acceptors (Lipinski definition) is 4. The van der Waals surface area contributed by atoms with Crippen LogP contribution >= 0.6 is 24.0 Å². The van der Waals surface area contributed by atoms with Gasteiger partial charge in [0.1, 0.15) is 4.87 Å². The third-order valence-corrected chi connectivity index (χ3v) is 3.49. The Labute approximate surface area is 111 Å². The molecular weight excluding hydrogens is 259 g/mol. The highest BCUT2D eigenvalue weighted by atomic mass is 35.5. The van der Waals surface area contributed by atoms with Gasteiger partial charge in [0.05, 0.1) is 0 Å². The lowest BCUT2D eigenvalue weighted by Gasteiger charge is -2.31. The Morgan fingerprint density at radius 1 is 1.18 bits per heavy atom. The van der Waals surface area contributed by atoms with E-state index < -0.39 is 11.2 Å². The maximum atomic E-state index is 6.62. The topological polar surface area (TPSA) is 63.6 Å². The number of rotatable bonds is 1. The van der Waals surface area contributed by atoms with Crippen molar-refractivity contribution >= 4 is 35.4 Å². The van der Waals surface area contributed by atoms with E-state index in [4.69, 9.17) is 17.3 Å². The first-order chi connectivity index (χ1) is 7.55. The largest absolute Gasteiger partial charge is 0.291 e. The Morgan fingerprint density at radius 2 is 1.65 bits per heavy atom. The van der Waals surface area contributed by atoms with Gasteiger partial charge in [-0.2, -0.15) is 0 Å². The molecule has 0 atom stereocenters. The van der Waals surface area contributed by atoms with Crippen LogP contribution < -0.4 is 5.73 Å². The van der Waals surface area contributed by atoms with Crippen LogP contribution in [0.15, 0.2) is 34.5 Å². The van der Waals surface area contributed by atoms with E-state index in [1.165, 1.54) is 0 Å². The molecule has 2 N–H and O–H groups in total. The van der Waals surface area contributed by atoms with Crippen molar-refractivity contribution in [3.63, 3.8) is 0 Å². The number of halogens is 2. The minimum absolute atomic E-state index is 0. The fraction of sp³-hybridized carbons (Fsp3) is 0.364. The lowest BCUT2D eigenvalue weighted by Crippen LogP contribution is -2.41. The van der Waals surface area contributed by atoms with Crippen molar-refractivity contribution < 1.29 is 0 Å². The van der Waals surface area contributed by atoms with Crippen LogP contribution in [0.4, 0.5) is 0 Å². The van der Waals surface area contributed by atoms with Crippen molar-refractivity contribution in [2.75, 3.05) is 0 Å². The zero-order chi connectivity index (χ0) is 11.8. The fourth-order valence-electron chi connectivity index (χ4n) is 1.86. The molecule has 92 valence electrons. The van der Waals surface area contributed by atoms with E-state index in [1.54, 1.807) is 12.4 Å². The van der Waals surface area contributed by atoms with Crippen LogP contribution in [-0.2, 0) is 4.87 Å². The monoisotopic (exact) mass is 272 g/mol. The minimum atomic E-state index is -0.779. The van der Waals surface area contributed by atoms with E-state index in [2.05, 4.69) is 15.0 Å². The highest BCUT2D eigenvalue weighted by Crippen LogP contribution is 2.34. The molecule has 1 aromatic heterocycles. The van der Waals surface area contributed by atoms with Crippen molar-refractivity contribution in [2.45, 2.75) is 25.0 Å². The quantitative estimate of drug-likeness (QED) is 0.796. The molecule has 0 saturated carbocycles. The molecule has 0 aromatic carbocycles. The maximum absolute atomic E-state index is 6.62. The van der Waals surface area contributed by atoms with Gasteiger partial charge >= 0.3 is 0 Å². The van der Waals surface area contributed by atoms with Crippen LogP contribution in [0, 0.1) is 0 Å². The van der Waals surface area contributed by atoms with Gasteiger partial charge in [0.25, 0.3) is 0 Å². The smallest absolute Gasteiger partial charge is 0.191 e. The van der Waals surface area contributed by atoms with Gasteiger partial charge < -0.3 is 0 Å². The summed E-state index contributed by atoms with van der Waals surface area (Å²) in [6, 6.07) is 3.73. The number of alkyl halides is 1. The van der Waals surface area contributed by atoms with Crippen LogP contribution in [0.2, 0.25) is 0 Å². The molecule has 0 unspecified atom stereocenters. The molecule has 0 amide bonds. The number of nitrogens with two attached hydrogens (primary N) is 1. The minimum Gasteiger partial charge on any atom is -0.291 e. The molecule has 6 heteroatoms. The summed E-state index contributed by atoms with van der Waals surface area (Å²) < 4.78 is 0. The normalized spacial score (nSPS) is 27.9. The van der Waals surface area contributed by atoms with Crippen LogP contribution in [0.5, 0.6) is 0 Å². The van der Waals surface area contributed by atoms with Gasteiger partial charge in [-0.25, -0.2) is 0 Å². The zero-order valence-electron chi connectivity index (χ0n) is 9.59. The van der Waals surface area contributed by atoms with Crippen LogP contribution in [-0.4, -0.2) is 22.7 Å². The highest BCUT2D eigenvalue weighted by molar-refractivity contribution is 6.47. The Bertz CT molecular complexity index is 436. The van der Waals surface area contributed by atoms with E-state index in [0.29, 0.717) is 0 Å². The van der Waals surface area contributed by atoms with Crippen LogP contribution in [0.1, 0.15) is 19.4 Å². The van der Waals surface area contributed by atoms with Gasteiger partial charge in [0, 0.05) is 23.8 Å². The summed E-state index contributed by atoms with van der Waals surface area (Å²) >= 11 is 6.62. The molecule has 4 nitrogen and oxygen atoms in total. The van der Waals surface area contributed by atoms with E-state index in [-0.39, 0.29) is 12.4 Å². The Hall–Kier alpha value is -0.970. The maximum Gasteiger partial charge on any atom is 0.191 e. The number of nitrogens with zero attached hydrogens (tertiary/aromatic N) is 3. The second-order valence-electron chi connectivity index (χ2n) is 3.74. The summed E-state index contributed by atoms with van der Waals surface area (Å²) in [6.07, 6.45) is 2.87. The molecule has 0 fully saturated rings. The summed E-state index contributed by atoms with van der Waals surface area (Å²) in [5.74, 6) is 0. The first kappa shape index (κ1) is 14.1.